The van der Waals surface area contributed by atoms with Gasteiger partial charge in [0, 0.05) is 12.9 Å². The number of thioether (sulfide) groups is 1. The Labute approximate surface area is 117 Å². The summed E-state index contributed by atoms with van der Waals surface area (Å²) in [5, 5.41) is 0.488. The highest BCUT2D eigenvalue weighted by Gasteiger charge is 2.03. The van der Waals surface area contributed by atoms with Gasteiger partial charge >= 0.3 is 0 Å². The van der Waals surface area contributed by atoms with Crippen LogP contribution in [0.3, 0.4) is 0 Å². The summed E-state index contributed by atoms with van der Waals surface area (Å²) in [5.74, 6) is 0.512. The molecule has 2 N–H and O–H groups in total. The molecule has 0 spiro atoms. The summed E-state index contributed by atoms with van der Waals surface area (Å²) in [7, 11) is 1.62. The second kappa shape index (κ2) is 8.77. The first-order valence-corrected chi connectivity index (χ1v) is 6.94. The van der Waals surface area contributed by atoms with Crippen LogP contribution < -0.4 is 10.5 Å². The van der Waals surface area contributed by atoms with Gasteiger partial charge < -0.3 is 15.2 Å². The lowest BCUT2D eigenvalue weighted by Gasteiger charge is -2.08. The van der Waals surface area contributed by atoms with Crippen LogP contribution in [-0.2, 0) is 4.74 Å². The van der Waals surface area contributed by atoms with Crippen LogP contribution in [0.25, 0.3) is 0 Å². The zero-order valence-electron chi connectivity index (χ0n) is 11.1. The normalized spacial score (nSPS) is 13.3. The van der Waals surface area contributed by atoms with E-state index in [9.17, 15) is 4.39 Å². The number of amidine groups is 1. The SMILES string of the molecule is COC[C@H](C)N=C(N)SCCOc1ccccc1F. The van der Waals surface area contributed by atoms with Gasteiger partial charge in [0.2, 0.25) is 0 Å². The van der Waals surface area contributed by atoms with Gasteiger partial charge in [-0.3, -0.25) is 4.99 Å². The van der Waals surface area contributed by atoms with E-state index in [4.69, 9.17) is 15.2 Å². The number of hydrogen-bond acceptors (Lipinski definition) is 4. The monoisotopic (exact) mass is 286 g/mol. The third-order valence-corrected chi connectivity index (χ3v) is 2.95. The molecule has 0 saturated carbocycles. The van der Waals surface area contributed by atoms with Crippen molar-refractivity contribution in [2.75, 3.05) is 26.1 Å². The van der Waals surface area contributed by atoms with E-state index in [1.54, 1.807) is 25.3 Å². The first kappa shape index (κ1) is 15.8. The molecule has 0 fully saturated rings. The molecule has 0 radical (unpaired) electrons. The van der Waals surface area contributed by atoms with Gasteiger partial charge in [-0.2, -0.15) is 0 Å². The molecule has 0 saturated heterocycles. The Morgan fingerprint density at radius 3 is 2.89 bits per heavy atom. The van der Waals surface area contributed by atoms with Crippen LogP contribution in [0.4, 0.5) is 4.39 Å². The number of hydrogen-bond donors (Lipinski definition) is 1. The maximum atomic E-state index is 13.2. The standard InChI is InChI=1S/C13H19FN2O2S/c1-10(9-17-2)16-13(15)19-8-7-18-12-6-4-3-5-11(12)14/h3-6,10H,7-9H2,1-2H3,(H2,15,16)/t10-/m0/s1. The van der Waals surface area contributed by atoms with E-state index in [-0.39, 0.29) is 17.6 Å². The average Bonchev–Trinajstić information content (AvgIpc) is 2.36. The molecule has 1 aromatic rings. The molecule has 1 aromatic carbocycles. The number of rotatable bonds is 7. The predicted molar refractivity (Wildman–Crippen MR) is 77.3 cm³/mol. The highest BCUT2D eigenvalue weighted by atomic mass is 32.2. The third kappa shape index (κ3) is 6.45. The van der Waals surface area contributed by atoms with Crippen molar-refractivity contribution in [2.24, 2.45) is 10.7 Å². The van der Waals surface area contributed by atoms with Crippen LogP contribution >= 0.6 is 11.8 Å². The number of para-hydroxylation sites is 1. The van der Waals surface area contributed by atoms with Crippen molar-refractivity contribution in [1.29, 1.82) is 0 Å². The Morgan fingerprint density at radius 2 is 2.21 bits per heavy atom. The minimum Gasteiger partial charge on any atom is -0.490 e. The minimum atomic E-state index is -0.358. The van der Waals surface area contributed by atoms with Crippen LogP contribution in [-0.4, -0.2) is 37.3 Å². The average molecular weight is 286 g/mol. The van der Waals surface area contributed by atoms with Gasteiger partial charge in [0.25, 0.3) is 0 Å². The summed E-state index contributed by atoms with van der Waals surface area (Å²) >= 11 is 1.38. The third-order valence-electron chi connectivity index (χ3n) is 2.18. The fraction of sp³-hybridized carbons (Fsp3) is 0.462. The number of nitrogens with two attached hydrogens (primary N) is 1. The van der Waals surface area contributed by atoms with E-state index in [2.05, 4.69) is 4.99 Å². The summed E-state index contributed by atoms with van der Waals surface area (Å²) in [6, 6.07) is 6.35. The highest BCUT2D eigenvalue weighted by molar-refractivity contribution is 8.13. The molecule has 0 bridgehead atoms. The summed E-state index contributed by atoms with van der Waals surface area (Å²) in [4.78, 5) is 4.23. The van der Waals surface area contributed by atoms with E-state index < -0.39 is 0 Å². The molecule has 0 unspecified atom stereocenters. The fourth-order valence-electron chi connectivity index (χ4n) is 1.39. The molecule has 0 aromatic heterocycles. The molecule has 0 aliphatic rings. The van der Waals surface area contributed by atoms with Crippen LogP contribution in [0, 0.1) is 5.82 Å². The molecule has 0 aliphatic carbocycles. The lowest BCUT2D eigenvalue weighted by Crippen LogP contribution is -2.16. The number of benzene rings is 1. The predicted octanol–water partition coefficient (Wildman–Crippen LogP) is 2.29. The van der Waals surface area contributed by atoms with E-state index in [1.807, 2.05) is 6.92 Å². The molecule has 106 valence electrons. The highest BCUT2D eigenvalue weighted by Crippen LogP contribution is 2.15. The summed E-state index contributed by atoms with van der Waals surface area (Å²) in [5.41, 5.74) is 5.74. The van der Waals surface area contributed by atoms with Crippen LogP contribution in [0.5, 0.6) is 5.75 Å². The number of halogens is 1. The van der Waals surface area contributed by atoms with Crippen LogP contribution in [0.1, 0.15) is 6.92 Å². The summed E-state index contributed by atoms with van der Waals surface area (Å²) < 4.78 is 23.5. The molecule has 1 rings (SSSR count). The van der Waals surface area contributed by atoms with Crippen LogP contribution in [0.2, 0.25) is 0 Å². The van der Waals surface area contributed by atoms with Crippen molar-refractivity contribution in [1.82, 2.24) is 0 Å². The van der Waals surface area contributed by atoms with Crippen molar-refractivity contribution in [3.05, 3.63) is 30.1 Å². The van der Waals surface area contributed by atoms with Crippen molar-refractivity contribution >= 4 is 16.9 Å². The Kier molecular flexibility index (Phi) is 7.28. The Bertz CT molecular complexity index is 415. The van der Waals surface area contributed by atoms with E-state index in [0.717, 1.165) is 0 Å². The summed E-state index contributed by atoms with van der Waals surface area (Å²) in [6.07, 6.45) is 0. The molecule has 0 heterocycles. The van der Waals surface area contributed by atoms with Gasteiger partial charge in [0.15, 0.2) is 16.7 Å². The molecule has 6 heteroatoms. The van der Waals surface area contributed by atoms with Gasteiger partial charge in [0.05, 0.1) is 19.3 Å². The van der Waals surface area contributed by atoms with Crippen LogP contribution in [0.15, 0.2) is 29.3 Å². The zero-order chi connectivity index (χ0) is 14.1. The zero-order valence-corrected chi connectivity index (χ0v) is 12.0. The molecule has 19 heavy (non-hydrogen) atoms. The second-order valence-corrected chi connectivity index (χ2v) is 5.01. The minimum absolute atomic E-state index is 0.0324. The fourth-order valence-corrected chi connectivity index (χ4v) is 2.02. The Hall–Kier alpha value is -1.27. The second-order valence-electron chi connectivity index (χ2n) is 3.90. The molecule has 0 amide bonds. The van der Waals surface area contributed by atoms with Gasteiger partial charge in [-0.25, -0.2) is 4.39 Å². The number of methoxy groups -OCH3 is 1. The van der Waals surface area contributed by atoms with E-state index >= 15 is 0 Å². The largest absolute Gasteiger partial charge is 0.490 e. The van der Waals surface area contributed by atoms with E-state index in [0.29, 0.717) is 24.1 Å². The topological polar surface area (TPSA) is 56.8 Å². The Balaban J connectivity index is 2.26. The number of aliphatic imine (C=N–C) groups is 1. The van der Waals surface area contributed by atoms with Gasteiger partial charge in [-0.05, 0) is 19.1 Å². The maximum Gasteiger partial charge on any atom is 0.165 e. The number of ether oxygens (including phenoxy) is 2. The Morgan fingerprint density at radius 1 is 1.47 bits per heavy atom. The number of nitrogens with zero attached hydrogens (tertiary/aromatic N) is 1. The van der Waals surface area contributed by atoms with Crippen molar-refractivity contribution in [3.63, 3.8) is 0 Å². The van der Waals surface area contributed by atoms with Crippen molar-refractivity contribution < 1.29 is 13.9 Å². The van der Waals surface area contributed by atoms with Gasteiger partial charge in [-0.15, -0.1) is 0 Å². The quantitative estimate of drug-likeness (QED) is 0.475. The molecular formula is C13H19FN2O2S. The van der Waals surface area contributed by atoms with E-state index in [1.165, 1.54) is 17.8 Å². The summed E-state index contributed by atoms with van der Waals surface area (Å²) in [6.45, 7) is 2.83. The smallest absolute Gasteiger partial charge is 0.165 e. The first-order valence-electron chi connectivity index (χ1n) is 5.95. The lowest BCUT2D eigenvalue weighted by molar-refractivity contribution is 0.186. The van der Waals surface area contributed by atoms with Gasteiger partial charge in [-0.1, -0.05) is 23.9 Å². The lowest BCUT2D eigenvalue weighted by atomic mass is 10.3. The molecule has 0 aliphatic heterocycles. The first-order chi connectivity index (χ1) is 9.13. The van der Waals surface area contributed by atoms with Gasteiger partial charge in [0.1, 0.15) is 0 Å². The molecule has 1 atom stereocenters. The molecular weight excluding hydrogens is 267 g/mol. The van der Waals surface area contributed by atoms with Crippen molar-refractivity contribution in [2.45, 2.75) is 13.0 Å². The molecule has 4 nitrogen and oxygen atoms in total. The van der Waals surface area contributed by atoms with Crippen molar-refractivity contribution in [3.8, 4) is 5.75 Å². The maximum absolute atomic E-state index is 13.2.